The van der Waals surface area contributed by atoms with Crippen LogP contribution >= 0.6 is 0 Å². The van der Waals surface area contributed by atoms with Gasteiger partial charge in [0.25, 0.3) is 0 Å². The van der Waals surface area contributed by atoms with Gasteiger partial charge in [-0.05, 0) is 23.8 Å². The lowest BCUT2D eigenvalue weighted by atomic mass is 10.2. The van der Waals surface area contributed by atoms with E-state index in [-0.39, 0.29) is 0 Å². The van der Waals surface area contributed by atoms with Gasteiger partial charge in [0.15, 0.2) is 0 Å². The maximum Gasteiger partial charge on any atom is 0.352 e. The summed E-state index contributed by atoms with van der Waals surface area (Å²) < 4.78 is 1.80. The molecule has 4 heteroatoms. The van der Waals surface area contributed by atoms with Crippen molar-refractivity contribution in [2.45, 2.75) is 6.54 Å². The lowest BCUT2D eigenvalue weighted by Crippen LogP contribution is -2.09. The van der Waals surface area contributed by atoms with E-state index in [4.69, 9.17) is 0 Å². The number of nitrogens with zero attached hydrogens (tertiary/aromatic N) is 2. The number of carboxylic acid groups (broad SMARTS) is 1. The molecule has 0 bridgehead atoms. The van der Waals surface area contributed by atoms with Crippen LogP contribution in [0.5, 0.6) is 0 Å². The van der Waals surface area contributed by atoms with E-state index in [9.17, 15) is 9.90 Å². The molecular weight excluding hydrogens is 240 g/mol. The van der Waals surface area contributed by atoms with E-state index >= 15 is 0 Å². The van der Waals surface area contributed by atoms with Crippen molar-refractivity contribution in [3.63, 3.8) is 0 Å². The van der Waals surface area contributed by atoms with Gasteiger partial charge in [0, 0.05) is 29.8 Å². The highest BCUT2D eigenvalue weighted by molar-refractivity contribution is 5.94. The molecule has 0 aliphatic heterocycles. The van der Waals surface area contributed by atoms with Crippen LogP contribution in [-0.2, 0) is 6.54 Å². The number of aromatic carboxylic acids is 1. The third-order valence-corrected chi connectivity index (χ3v) is 3.09. The second-order valence-corrected chi connectivity index (χ2v) is 4.34. The number of pyridine rings is 1. The summed E-state index contributed by atoms with van der Waals surface area (Å²) in [5.41, 5.74) is 2.19. The molecule has 0 amide bonds. The predicted molar refractivity (Wildman–Crippen MR) is 72.2 cm³/mol. The Morgan fingerprint density at radius 1 is 1.21 bits per heavy atom. The molecule has 3 rings (SSSR count). The summed E-state index contributed by atoms with van der Waals surface area (Å²) in [6, 6.07) is 13.2. The van der Waals surface area contributed by atoms with Crippen LogP contribution in [0.4, 0.5) is 0 Å². The van der Waals surface area contributed by atoms with Gasteiger partial charge in [-0.25, -0.2) is 4.79 Å². The molecule has 0 unspecified atom stereocenters. The molecule has 1 N–H and O–H groups in total. The van der Waals surface area contributed by atoms with Gasteiger partial charge in [0.05, 0.1) is 0 Å². The van der Waals surface area contributed by atoms with Crippen LogP contribution in [0.1, 0.15) is 16.1 Å². The van der Waals surface area contributed by atoms with Crippen LogP contribution in [0.2, 0.25) is 0 Å². The number of carboxylic acids is 1. The number of fused-ring (bicyclic) bond motifs is 1. The quantitative estimate of drug-likeness (QED) is 0.779. The number of carbonyl (C=O) groups is 1. The van der Waals surface area contributed by atoms with Gasteiger partial charge in [-0.2, -0.15) is 0 Å². The first-order valence-electron chi connectivity index (χ1n) is 5.96. The van der Waals surface area contributed by atoms with Gasteiger partial charge in [0.2, 0.25) is 0 Å². The highest BCUT2D eigenvalue weighted by Crippen LogP contribution is 2.21. The molecule has 0 saturated heterocycles. The molecule has 1 aromatic carbocycles. The molecule has 0 aliphatic carbocycles. The molecule has 3 aromatic rings. The minimum atomic E-state index is -0.917. The smallest absolute Gasteiger partial charge is 0.352 e. The van der Waals surface area contributed by atoms with Crippen molar-refractivity contribution >= 4 is 16.9 Å². The molecule has 0 saturated carbocycles. The Morgan fingerprint density at radius 3 is 2.79 bits per heavy atom. The Morgan fingerprint density at radius 2 is 2.05 bits per heavy atom. The van der Waals surface area contributed by atoms with Gasteiger partial charge in [-0.3, -0.25) is 4.98 Å². The van der Waals surface area contributed by atoms with Gasteiger partial charge >= 0.3 is 5.97 Å². The third kappa shape index (κ3) is 2.08. The van der Waals surface area contributed by atoms with Gasteiger partial charge in [0.1, 0.15) is 5.69 Å². The van der Waals surface area contributed by atoms with Crippen molar-refractivity contribution in [2.24, 2.45) is 0 Å². The van der Waals surface area contributed by atoms with Gasteiger partial charge in [-0.1, -0.05) is 24.3 Å². The summed E-state index contributed by atoms with van der Waals surface area (Å²) in [5.74, 6) is -0.917. The van der Waals surface area contributed by atoms with E-state index in [0.29, 0.717) is 12.2 Å². The number of hydrogen-bond donors (Lipinski definition) is 1. The van der Waals surface area contributed by atoms with E-state index in [2.05, 4.69) is 4.98 Å². The number of benzene rings is 1. The molecule has 0 radical (unpaired) electrons. The van der Waals surface area contributed by atoms with Crippen molar-refractivity contribution < 1.29 is 9.90 Å². The second-order valence-electron chi connectivity index (χ2n) is 4.34. The number of para-hydroxylation sites is 1. The minimum Gasteiger partial charge on any atom is -0.477 e. The fourth-order valence-corrected chi connectivity index (χ4v) is 2.23. The lowest BCUT2D eigenvalue weighted by Gasteiger charge is -2.08. The van der Waals surface area contributed by atoms with E-state index in [0.717, 1.165) is 16.5 Å². The average Bonchev–Trinajstić information content (AvgIpc) is 2.79. The first kappa shape index (κ1) is 11.5. The maximum absolute atomic E-state index is 11.3. The molecule has 0 fully saturated rings. The van der Waals surface area contributed by atoms with Crippen LogP contribution < -0.4 is 0 Å². The summed E-state index contributed by atoms with van der Waals surface area (Å²) in [6.07, 6.45) is 3.45. The number of aromatic nitrogens is 2. The fraction of sp³-hybridized carbons (Fsp3) is 0.0667. The zero-order valence-corrected chi connectivity index (χ0v) is 10.2. The Labute approximate surface area is 109 Å². The van der Waals surface area contributed by atoms with Crippen molar-refractivity contribution in [3.8, 4) is 0 Å². The van der Waals surface area contributed by atoms with Crippen molar-refractivity contribution in [1.29, 1.82) is 0 Å². The first-order chi connectivity index (χ1) is 9.25. The normalized spacial score (nSPS) is 10.7. The van der Waals surface area contributed by atoms with Crippen LogP contribution in [-0.4, -0.2) is 20.6 Å². The summed E-state index contributed by atoms with van der Waals surface area (Å²) in [6.45, 7) is 0.503. The van der Waals surface area contributed by atoms with Gasteiger partial charge in [-0.15, -0.1) is 0 Å². The molecule has 4 nitrogen and oxygen atoms in total. The first-order valence-corrected chi connectivity index (χ1v) is 5.96. The topological polar surface area (TPSA) is 55.1 Å². The van der Waals surface area contributed by atoms with E-state index < -0.39 is 5.97 Å². The number of hydrogen-bond acceptors (Lipinski definition) is 2. The molecule has 19 heavy (non-hydrogen) atoms. The highest BCUT2D eigenvalue weighted by atomic mass is 16.4. The largest absolute Gasteiger partial charge is 0.477 e. The Kier molecular flexibility index (Phi) is 2.76. The molecule has 0 atom stereocenters. The van der Waals surface area contributed by atoms with Crippen LogP contribution in [0.25, 0.3) is 10.9 Å². The Balaban J connectivity index is 2.15. The third-order valence-electron chi connectivity index (χ3n) is 3.09. The highest BCUT2D eigenvalue weighted by Gasteiger charge is 2.14. The van der Waals surface area contributed by atoms with E-state index in [1.807, 2.05) is 36.4 Å². The van der Waals surface area contributed by atoms with Crippen LogP contribution in [0, 0.1) is 0 Å². The predicted octanol–water partition coefficient (Wildman–Crippen LogP) is 2.78. The van der Waals surface area contributed by atoms with Gasteiger partial charge < -0.3 is 9.67 Å². The SMILES string of the molecule is O=C(O)c1cc2ccccc2n1Cc1cccnc1. The summed E-state index contributed by atoms with van der Waals surface area (Å²) in [7, 11) is 0. The molecule has 94 valence electrons. The van der Waals surface area contributed by atoms with Crippen molar-refractivity contribution in [1.82, 2.24) is 9.55 Å². The lowest BCUT2D eigenvalue weighted by molar-refractivity contribution is 0.0686. The average molecular weight is 252 g/mol. The van der Waals surface area contributed by atoms with Crippen LogP contribution in [0.15, 0.2) is 54.9 Å². The number of rotatable bonds is 3. The van der Waals surface area contributed by atoms with Crippen LogP contribution in [0.3, 0.4) is 0 Å². The molecule has 2 aromatic heterocycles. The summed E-state index contributed by atoms with van der Waals surface area (Å²) in [4.78, 5) is 15.4. The molecule has 0 aliphatic rings. The van der Waals surface area contributed by atoms with E-state index in [1.165, 1.54) is 0 Å². The Hall–Kier alpha value is -2.62. The van der Waals surface area contributed by atoms with E-state index in [1.54, 1.807) is 23.0 Å². The molecule has 2 heterocycles. The molecule has 0 spiro atoms. The summed E-state index contributed by atoms with van der Waals surface area (Å²) in [5, 5.41) is 10.2. The van der Waals surface area contributed by atoms with Crippen molar-refractivity contribution in [3.05, 3.63) is 66.1 Å². The fourth-order valence-electron chi connectivity index (χ4n) is 2.23. The van der Waals surface area contributed by atoms with Crippen molar-refractivity contribution in [2.75, 3.05) is 0 Å². The maximum atomic E-state index is 11.3. The Bertz CT molecular complexity index is 732. The standard InChI is InChI=1S/C15H12N2O2/c18-15(19)14-8-12-5-1-2-6-13(12)17(14)10-11-4-3-7-16-9-11/h1-9H,10H2,(H,18,19). The zero-order chi connectivity index (χ0) is 13.2. The summed E-state index contributed by atoms with van der Waals surface area (Å²) >= 11 is 0. The minimum absolute atomic E-state index is 0.296. The zero-order valence-electron chi connectivity index (χ0n) is 10.2. The monoisotopic (exact) mass is 252 g/mol. The second kappa shape index (κ2) is 4.57. The molecular formula is C15H12N2O2.